The molecule has 0 atom stereocenters. The van der Waals surface area contributed by atoms with Crippen molar-refractivity contribution in [2.24, 2.45) is 0 Å². The number of aromatic nitrogens is 3. The van der Waals surface area contributed by atoms with Crippen LogP contribution in [0.1, 0.15) is 11.3 Å². The fourth-order valence-electron chi connectivity index (χ4n) is 1.31. The number of nitrogens with zero attached hydrogens (tertiary/aromatic N) is 3. The summed E-state index contributed by atoms with van der Waals surface area (Å²) < 4.78 is 1.90. The van der Waals surface area contributed by atoms with Crippen molar-refractivity contribution in [2.75, 3.05) is 0 Å². The Hall–Kier alpha value is -1.68. The molecule has 4 nitrogen and oxygen atoms in total. The third-order valence-corrected chi connectivity index (χ3v) is 2.04. The molecule has 0 aliphatic heterocycles. The molecule has 1 N–H and O–H groups in total. The van der Waals surface area contributed by atoms with Crippen LogP contribution in [0.25, 0.3) is 0 Å². The minimum Gasteiger partial charge on any atom is -0.390 e. The highest BCUT2D eigenvalue weighted by atomic mass is 16.3. The number of aliphatic hydroxyl groups excluding tert-OH is 1. The Labute approximate surface area is 81.9 Å². The Balaban J connectivity index is 2.19. The second-order valence-corrected chi connectivity index (χ2v) is 3.03. The van der Waals surface area contributed by atoms with Crippen LogP contribution in [0.5, 0.6) is 0 Å². The maximum absolute atomic E-state index is 9.01. The Morgan fingerprint density at radius 2 is 2.21 bits per heavy atom. The summed E-state index contributed by atoms with van der Waals surface area (Å²) in [7, 11) is 0. The van der Waals surface area contributed by atoms with Crippen molar-refractivity contribution in [2.45, 2.75) is 13.2 Å². The largest absolute Gasteiger partial charge is 0.390 e. The highest BCUT2D eigenvalue weighted by molar-refractivity contribution is 5.10. The van der Waals surface area contributed by atoms with E-state index in [4.69, 9.17) is 5.11 Å². The number of hydrogen-bond acceptors (Lipinski definition) is 3. The third-order valence-electron chi connectivity index (χ3n) is 2.04. The molecular formula is C10H11N3O. The van der Waals surface area contributed by atoms with E-state index in [1.807, 2.05) is 16.7 Å². The second-order valence-electron chi connectivity index (χ2n) is 3.03. The number of imidazole rings is 1. The molecule has 4 heteroatoms. The smallest absolute Gasteiger partial charge is 0.0952 e. The van der Waals surface area contributed by atoms with Gasteiger partial charge in [-0.25, -0.2) is 4.98 Å². The molecule has 0 saturated heterocycles. The van der Waals surface area contributed by atoms with Crippen LogP contribution >= 0.6 is 0 Å². The zero-order valence-electron chi connectivity index (χ0n) is 7.67. The van der Waals surface area contributed by atoms with Crippen molar-refractivity contribution in [3.05, 3.63) is 48.3 Å². The van der Waals surface area contributed by atoms with Crippen molar-refractivity contribution in [3.8, 4) is 0 Å². The molecular weight excluding hydrogens is 178 g/mol. The summed E-state index contributed by atoms with van der Waals surface area (Å²) in [6.07, 6.45) is 6.92. The standard InChI is InChI=1S/C10H11N3O/c14-7-10-5-12-8-13(10)6-9-2-1-3-11-4-9/h1-5,8,14H,6-7H2. The van der Waals surface area contributed by atoms with E-state index in [0.29, 0.717) is 6.54 Å². The van der Waals surface area contributed by atoms with Gasteiger partial charge in [-0.15, -0.1) is 0 Å². The van der Waals surface area contributed by atoms with Gasteiger partial charge in [0.15, 0.2) is 0 Å². The number of hydrogen-bond donors (Lipinski definition) is 1. The predicted octanol–water partition coefficient (Wildman–Crippen LogP) is 0.819. The Morgan fingerprint density at radius 1 is 1.29 bits per heavy atom. The molecule has 2 aromatic heterocycles. The maximum atomic E-state index is 9.01. The summed E-state index contributed by atoms with van der Waals surface area (Å²) in [5.41, 5.74) is 1.91. The number of pyridine rings is 1. The molecule has 0 fully saturated rings. The molecule has 14 heavy (non-hydrogen) atoms. The van der Waals surface area contributed by atoms with Gasteiger partial charge < -0.3 is 9.67 Å². The fourth-order valence-corrected chi connectivity index (χ4v) is 1.31. The predicted molar refractivity (Wildman–Crippen MR) is 51.5 cm³/mol. The normalized spacial score (nSPS) is 10.4. The van der Waals surface area contributed by atoms with Gasteiger partial charge >= 0.3 is 0 Å². The van der Waals surface area contributed by atoms with Crippen LogP contribution in [0.3, 0.4) is 0 Å². The van der Waals surface area contributed by atoms with Crippen LogP contribution in [-0.2, 0) is 13.2 Å². The first-order chi connectivity index (χ1) is 6.90. The van der Waals surface area contributed by atoms with E-state index in [-0.39, 0.29) is 6.61 Å². The summed E-state index contributed by atoms with van der Waals surface area (Å²) in [4.78, 5) is 8.00. The molecule has 0 amide bonds. The van der Waals surface area contributed by atoms with Crippen LogP contribution in [0.15, 0.2) is 37.1 Å². The van der Waals surface area contributed by atoms with E-state index in [2.05, 4.69) is 9.97 Å². The Morgan fingerprint density at radius 3 is 2.93 bits per heavy atom. The van der Waals surface area contributed by atoms with Gasteiger partial charge in [-0.2, -0.15) is 0 Å². The monoisotopic (exact) mass is 189 g/mol. The molecule has 0 bridgehead atoms. The molecule has 0 spiro atoms. The van der Waals surface area contributed by atoms with E-state index in [1.54, 1.807) is 24.9 Å². The van der Waals surface area contributed by atoms with Gasteiger partial charge in [0.05, 0.1) is 31.4 Å². The molecule has 0 saturated carbocycles. The molecule has 0 unspecified atom stereocenters. The second kappa shape index (κ2) is 4.02. The average Bonchev–Trinajstić information content (AvgIpc) is 2.67. The van der Waals surface area contributed by atoms with Crippen LogP contribution < -0.4 is 0 Å². The number of rotatable bonds is 3. The highest BCUT2D eigenvalue weighted by Crippen LogP contribution is 2.04. The molecule has 2 aromatic rings. The van der Waals surface area contributed by atoms with Gasteiger partial charge in [-0.3, -0.25) is 4.98 Å². The average molecular weight is 189 g/mol. The molecule has 0 aromatic carbocycles. The van der Waals surface area contributed by atoms with Gasteiger partial charge in [-0.05, 0) is 11.6 Å². The van der Waals surface area contributed by atoms with E-state index in [1.165, 1.54) is 0 Å². The molecule has 72 valence electrons. The lowest BCUT2D eigenvalue weighted by molar-refractivity contribution is 0.271. The molecule has 0 aliphatic carbocycles. The zero-order chi connectivity index (χ0) is 9.80. The van der Waals surface area contributed by atoms with E-state index in [0.717, 1.165) is 11.3 Å². The van der Waals surface area contributed by atoms with E-state index >= 15 is 0 Å². The van der Waals surface area contributed by atoms with E-state index in [9.17, 15) is 0 Å². The fraction of sp³-hybridized carbons (Fsp3) is 0.200. The van der Waals surface area contributed by atoms with Crippen molar-refractivity contribution >= 4 is 0 Å². The summed E-state index contributed by atoms with van der Waals surface area (Å²) in [5, 5.41) is 9.01. The third kappa shape index (κ3) is 1.80. The van der Waals surface area contributed by atoms with Gasteiger partial charge in [0, 0.05) is 12.4 Å². The van der Waals surface area contributed by atoms with Gasteiger partial charge in [-0.1, -0.05) is 6.07 Å². The minimum atomic E-state index is 0.0141. The van der Waals surface area contributed by atoms with Crippen LogP contribution in [0, 0.1) is 0 Å². The first-order valence-corrected chi connectivity index (χ1v) is 4.39. The topological polar surface area (TPSA) is 50.9 Å². The lowest BCUT2D eigenvalue weighted by atomic mass is 10.3. The van der Waals surface area contributed by atoms with Gasteiger partial charge in [0.25, 0.3) is 0 Å². The molecule has 2 heterocycles. The molecule has 0 aliphatic rings. The van der Waals surface area contributed by atoms with Crippen molar-refractivity contribution < 1.29 is 5.11 Å². The maximum Gasteiger partial charge on any atom is 0.0952 e. The van der Waals surface area contributed by atoms with Gasteiger partial charge in [0.2, 0.25) is 0 Å². The Bertz CT molecular complexity index is 397. The van der Waals surface area contributed by atoms with Crippen LogP contribution in [-0.4, -0.2) is 19.6 Å². The summed E-state index contributed by atoms with van der Waals surface area (Å²) in [6, 6.07) is 3.89. The van der Waals surface area contributed by atoms with Crippen LogP contribution in [0.2, 0.25) is 0 Å². The van der Waals surface area contributed by atoms with Crippen molar-refractivity contribution in [1.29, 1.82) is 0 Å². The van der Waals surface area contributed by atoms with Crippen molar-refractivity contribution in [3.63, 3.8) is 0 Å². The SMILES string of the molecule is OCc1cncn1Cc1cccnc1. The first-order valence-electron chi connectivity index (χ1n) is 4.39. The lowest BCUT2D eigenvalue weighted by Gasteiger charge is -2.05. The summed E-state index contributed by atoms with van der Waals surface area (Å²) >= 11 is 0. The van der Waals surface area contributed by atoms with E-state index < -0.39 is 0 Å². The lowest BCUT2D eigenvalue weighted by Crippen LogP contribution is -2.02. The Kier molecular flexibility index (Phi) is 2.55. The quantitative estimate of drug-likeness (QED) is 0.777. The summed E-state index contributed by atoms with van der Waals surface area (Å²) in [5.74, 6) is 0. The number of aliphatic hydroxyl groups is 1. The van der Waals surface area contributed by atoms with Gasteiger partial charge in [0.1, 0.15) is 0 Å². The van der Waals surface area contributed by atoms with Crippen molar-refractivity contribution in [1.82, 2.24) is 14.5 Å². The zero-order valence-corrected chi connectivity index (χ0v) is 7.67. The van der Waals surface area contributed by atoms with Crippen LogP contribution in [0.4, 0.5) is 0 Å². The molecule has 2 rings (SSSR count). The minimum absolute atomic E-state index is 0.0141. The highest BCUT2D eigenvalue weighted by Gasteiger charge is 2.00. The first kappa shape index (κ1) is 8.90. The summed E-state index contributed by atoms with van der Waals surface area (Å²) in [6.45, 7) is 0.712. The molecule has 0 radical (unpaired) electrons.